The van der Waals surface area contributed by atoms with Gasteiger partial charge in [0.1, 0.15) is 0 Å². The Hall–Kier alpha value is -1.65. The molecule has 2 atom stereocenters. The number of carbonyl (C=O) groups is 3. The molecule has 0 spiro atoms. The molecule has 1 aliphatic heterocycles. The van der Waals surface area contributed by atoms with E-state index >= 15 is 0 Å². The van der Waals surface area contributed by atoms with Crippen LogP contribution in [0.25, 0.3) is 0 Å². The maximum atomic E-state index is 12.0. The molecule has 1 fully saturated rings. The Balaban J connectivity index is 2.08. The number of hydrogen-bond acceptors (Lipinski definition) is 3. The van der Waals surface area contributed by atoms with Crippen molar-refractivity contribution in [1.82, 2.24) is 10.2 Å². The molecule has 104 valence electrons. The molecule has 2 aliphatic rings. The smallest absolute Gasteiger partial charge is 0.253 e. The highest BCUT2D eigenvalue weighted by Gasteiger charge is 2.40. The molecule has 3 amide bonds. The quantitative estimate of drug-likeness (QED) is 0.756. The molecule has 1 aliphatic carbocycles. The average molecular weight is 264 g/mol. The Kier molecular flexibility index (Phi) is 3.47. The van der Waals surface area contributed by atoms with E-state index in [1.54, 1.807) is 0 Å². The summed E-state index contributed by atoms with van der Waals surface area (Å²) in [6.07, 6.45) is 5.07. The highest BCUT2D eigenvalue weighted by atomic mass is 16.2. The van der Waals surface area contributed by atoms with E-state index in [0.29, 0.717) is 0 Å². The van der Waals surface area contributed by atoms with Crippen LogP contribution in [-0.2, 0) is 14.4 Å². The van der Waals surface area contributed by atoms with Crippen molar-refractivity contribution >= 4 is 17.7 Å². The van der Waals surface area contributed by atoms with Crippen molar-refractivity contribution in [2.75, 3.05) is 0 Å². The fourth-order valence-electron chi connectivity index (χ4n) is 2.54. The maximum absolute atomic E-state index is 12.0. The number of hydrogen-bond donors (Lipinski definition) is 1. The summed E-state index contributed by atoms with van der Waals surface area (Å²) in [5.74, 6) is -0.588. The number of rotatable bonds is 2. The first kappa shape index (κ1) is 13.8. The normalized spacial score (nSPS) is 27.2. The van der Waals surface area contributed by atoms with E-state index < -0.39 is 5.41 Å². The summed E-state index contributed by atoms with van der Waals surface area (Å²) in [4.78, 5) is 36.7. The first-order chi connectivity index (χ1) is 8.80. The van der Waals surface area contributed by atoms with Crippen molar-refractivity contribution in [3.05, 3.63) is 12.2 Å². The minimum absolute atomic E-state index is 0.0449. The van der Waals surface area contributed by atoms with E-state index in [4.69, 9.17) is 0 Å². The number of amides is 3. The van der Waals surface area contributed by atoms with Crippen LogP contribution >= 0.6 is 0 Å². The van der Waals surface area contributed by atoms with Gasteiger partial charge in [-0.15, -0.1) is 0 Å². The van der Waals surface area contributed by atoms with Crippen molar-refractivity contribution in [1.29, 1.82) is 0 Å². The van der Waals surface area contributed by atoms with E-state index in [1.165, 1.54) is 17.1 Å². The van der Waals surface area contributed by atoms with Crippen LogP contribution in [0.4, 0.5) is 0 Å². The standard InChI is InChI=1S/C14H20N2O3/c1-14(2,3)13(19)15-9-5-4-6-10(9)16-11(17)7-8-12(16)18/h7-10H,4-6H2,1-3H3,(H,15,19)/t9-,10-/m0/s1. The molecule has 2 rings (SSSR count). The van der Waals surface area contributed by atoms with Crippen molar-refractivity contribution < 1.29 is 14.4 Å². The zero-order valence-electron chi connectivity index (χ0n) is 11.6. The van der Waals surface area contributed by atoms with Gasteiger partial charge in [0.25, 0.3) is 11.8 Å². The van der Waals surface area contributed by atoms with Gasteiger partial charge < -0.3 is 5.32 Å². The van der Waals surface area contributed by atoms with E-state index in [9.17, 15) is 14.4 Å². The van der Waals surface area contributed by atoms with E-state index in [2.05, 4.69) is 5.32 Å². The predicted octanol–water partition coefficient (Wildman–Crippen LogP) is 0.995. The molecule has 0 aromatic carbocycles. The first-order valence-corrected chi connectivity index (χ1v) is 6.67. The van der Waals surface area contributed by atoms with Gasteiger partial charge in [0.15, 0.2) is 0 Å². The SMILES string of the molecule is CC(C)(C)C(=O)N[C@H]1CCC[C@@H]1N1C(=O)C=CC1=O. The summed E-state index contributed by atoms with van der Waals surface area (Å²) in [7, 11) is 0. The molecule has 5 nitrogen and oxygen atoms in total. The van der Waals surface area contributed by atoms with Gasteiger partial charge in [-0.05, 0) is 19.3 Å². The molecule has 0 bridgehead atoms. The minimum Gasteiger partial charge on any atom is -0.351 e. The fourth-order valence-corrected chi connectivity index (χ4v) is 2.54. The summed E-state index contributed by atoms with van der Waals surface area (Å²) in [5, 5.41) is 2.97. The van der Waals surface area contributed by atoms with Crippen LogP contribution in [0, 0.1) is 5.41 Å². The lowest BCUT2D eigenvalue weighted by molar-refractivity contribution is -0.141. The number of nitrogens with one attached hydrogen (secondary N) is 1. The zero-order chi connectivity index (χ0) is 14.2. The van der Waals surface area contributed by atoms with Crippen molar-refractivity contribution in [3.8, 4) is 0 Å². The third-order valence-electron chi connectivity index (χ3n) is 3.65. The molecule has 19 heavy (non-hydrogen) atoms. The lowest BCUT2D eigenvalue weighted by atomic mass is 9.94. The molecule has 1 heterocycles. The molecule has 5 heteroatoms. The number of imide groups is 1. The van der Waals surface area contributed by atoms with Crippen LogP contribution in [0.2, 0.25) is 0 Å². The van der Waals surface area contributed by atoms with Gasteiger partial charge in [-0.1, -0.05) is 20.8 Å². The molecule has 0 radical (unpaired) electrons. The van der Waals surface area contributed by atoms with Crippen molar-refractivity contribution in [2.24, 2.45) is 5.41 Å². The van der Waals surface area contributed by atoms with Gasteiger partial charge in [-0.25, -0.2) is 0 Å². The molecule has 1 saturated carbocycles. The van der Waals surface area contributed by atoms with Gasteiger partial charge in [-0.3, -0.25) is 19.3 Å². The van der Waals surface area contributed by atoms with Crippen molar-refractivity contribution in [3.63, 3.8) is 0 Å². The molecular formula is C14H20N2O3. The average Bonchev–Trinajstić information content (AvgIpc) is 2.85. The van der Waals surface area contributed by atoms with Gasteiger partial charge in [-0.2, -0.15) is 0 Å². The predicted molar refractivity (Wildman–Crippen MR) is 70.0 cm³/mol. The monoisotopic (exact) mass is 264 g/mol. The second kappa shape index (κ2) is 4.79. The molecule has 0 saturated heterocycles. The molecule has 1 N–H and O–H groups in total. The van der Waals surface area contributed by atoms with E-state index in [-0.39, 0.29) is 29.8 Å². The van der Waals surface area contributed by atoms with Crippen LogP contribution in [0.1, 0.15) is 40.0 Å². The second-order valence-corrected chi connectivity index (χ2v) is 6.21. The Morgan fingerprint density at radius 1 is 1.21 bits per heavy atom. The van der Waals surface area contributed by atoms with Crippen molar-refractivity contribution in [2.45, 2.75) is 52.1 Å². The summed E-state index contributed by atoms with van der Waals surface area (Å²) < 4.78 is 0. The Morgan fingerprint density at radius 3 is 2.32 bits per heavy atom. The van der Waals surface area contributed by atoms with Crippen LogP contribution in [0.5, 0.6) is 0 Å². The van der Waals surface area contributed by atoms with Gasteiger partial charge in [0, 0.05) is 23.6 Å². The number of carbonyl (C=O) groups excluding carboxylic acids is 3. The second-order valence-electron chi connectivity index (χ2n) is 6.21. The van der Waals surface area contributed by atoms with Crippen LogP contribution in [-0.4, -0.2) is 34.7 Å². The van der Waals surface area contributed by atoms with Gasteiger partial charge in [0.2, 0.25) is 5.91 Å². The summed E-state index contributed by atoms with van der Waals surface area (Å²) >= 11 is 0. The third kappa shape index (κ3) is 2.69. The Bertz CT molecular complexity index is 430. The molecule has 0 unspecified atom stereocenters. The van der Waals surface area contributed by atoms with E-state index in [1.807, 2.05) is 20.8 Å². The highest BCUT2D eigenvalue weighted by Crippen LogP contribution is 2.27. The van der Waals surface area contributed by atoms with Crippen LogP contribution in [0.15, 0.2) is 12.2 Å². The van der Waals surface area contributed by atoms with Crippen LogP contribution < -0.4 is 5.32 Å². The third-order valence-corrected chi connectivity index (χ3v) is 3.65. The summed E-state index contributed by atoms with van der Waals surface area (Å²) in [6.45, 7) is 5.54. The zero-order valence-corrected chi connectivity index (χ0v) is 11.6. The van der Waals surface area contributed by atoms with Gasteiger partial charge in [0.05, 0.1) is 6.04 Å². The Morgan fingerprint density at radius 2 is 1.79 bits per heavy atom. The fraction of sp³-hybridized carbons (Fsp3) is 0.643. The largest absolute Gasteiger partial charge is 0.351 e. The molecular weight excluding hydrogens is 244 g/mol. The maximum Gasteiger partial charge on any atom is 0.253 e. The Labute approximate surface area is 113 Å². The molecule has 0 aromatic heterocycles. The first-order valence-electron chi connectivity index (χ1n) is 6.67. The topological polar surface area (TPSA) is 66.5 Å². The lowest BCUT2D eigenvalue weighted by Crippen LogP contribution is -2.52. The highest BCUT2D eigenvalue weighted by molar-refractivity contribution is 6.13. The number of nitrogens with zero attached hydrogens (tertiary/aromatic N) is 1. The minimum atomic E-state index is -0.468. The van der Waals surface area contributed by atoms with E-state index in [0.717, 1.165) is 19.3 Å². The summed E-state index contributed by atoms with van der Waals surface area (Å²) in [5.41, 5.74) is -0.468. The van der Waals surface area contributed by atoms with Crippen LogP contribution in [0.3, 0.4) is 0 Å². The van der Waals surface area contributed by atoms with Gasteiger partial charge >= 0.3 is 0 Å². The summed E-state index contributed by atoms with van der Waals surface area (Å²) in [6, 6.07) is -0.333. The molecule has 0 aromatic rings. The lowest BCUT2D eigenvalue weighted by Gasteiger charge is -2.30.